The Morgan fingerprint density at radius 1 is 0.861 bits per heavy atom. The monoisotopic (exact) mass is 506 g/mol. The van der Waals surface area contributed by atoms with Crippen LogP contribution in [0.2, 0.25) is 0 Å². The first-order chi connectivity index (χ1) is 16.5. The summed E-state index contributed by atoms with van der Waals surface area (Å²) in [5.74, 6) is -0.125. The number of carboxylic acid groups (broad SMARTS) is 1. The molecule has 206 valence electrons. The summed E-state index contributed by atoms with van der Waals surface area (Å²) < 4.78 is 0. The van der Waals surface area contributed by atoms with E-state index in [-0.39, 0.29) is 46.5 Å². The van der Waals surface area contributed by atoms with E-state index in [0.29, 0.717) is 31.6 Å². The lowest BCUT2D eigenvalue weighted by molar-refractivity contribution is -0.281. The zero-order valence-corrected chi connectivity index (χ0v) is 23.3. The molecule has 5 rings (SSSR count). The van der Waals surface area contributed by atoms with Crippen molar-refractivity contribution in [1.82, 2.24) is 0 Å². The van der Waals surface area contributed by atoms with Crippen molar-refractivity contribution in [2.45, 2.75) is 117 Å². The average Bonchev–Trinajstić information content (AvgIpc) is 2.80. The number of aliphatic hydroxyl groups is 4. The Bertz CT molecular complexity index is 919. The predicted molar refractivity (Wildman–Crippen MR) is 137 cm³/mol. The number of fused-ring (bicyclic) bond motifs is 7. The Morgan fingerprint density at radius 2 is 1.50 bits per heavy atom. The van der Waals surface area contributed by atoms with Gasteiger partial charge < -0.3 is 25.5 Å². The minimum Gasteiger partial charge on any atom is -0.481 e. The third-order valence-electron chi connectivity index (χ3n) is 14.2. The molecular formula is C30H50O6. The van der Waals surface area contributed by atoms with Crippen molar-refractivity contribution in [2.24, 2.45) is 56.7 Å². The van der Waals surface area contributed by atoms with E-state index in [9.17, 15) is 30.3 Å². The van der Waals surface area contributed by atoms with Gasteiger partial charge in [-0.15, -0.1) is 0 Å². The molecule has 5 N–H and O–H groups in total. The van der Waals surface area contributed by atoms with Gasteiger partial charge in [0.2, 0.25) is 0 Å². The second-order valence-electron chi connectivity index (χ2n) is 15.2. The van der Waals surface area contributed by atoms with E-state index < -0.39 is 34.6 Å². The molecule has 0 spiro atoms. The van der Waals surface area contributed by atoms with Gasteiger partial charge in [-0.2, -0.15) is 0 Å². The summed E-state index contributed by atoms with van der Waals surface area (Å²) >= 11 is 0. The summed E-state index contributed by atoms with van der Waals surface area (Å²) in [7, 11) is 0. The second-order valence-corrected chi connectivity index (χ2v) is 15.2. The summed E-state index contributed by atoms with van der Waals surface area (Å²) in [6.07, 6.45) is 5.20. The first-order valence-electron chi connectivity index (χ1n) is 14.5. The number of aliphatic hydroxyl groups excluding tert-OH is 3. The summed E-state index contributed by atoms with van der Waals surface area (Å²) in [6, 6.07) is 0. The van der Waals surface area contributed by atoms with Crippen LogP contribution in [-0.2, 0) is 4.79 Å². The van der Waals surface area contributed by atoms with Crippen molar-refractivity contribution >= 4 is 5.97 Å². The molecule has 0 amide bonds. The minimum absolute atomic E-state index is 0.0345. The molecule has 0 aliphatic heterocycles. The molecule has 0 aromatic rings. The van der Waals surface area contributed by atoms with Gasteiger partial charge >= 0.3 is 5.97 Å². The predicted octanol–water partition coefficient (Wildman–Crippen LogP) is 4.23. The largest absolute Gasteiger partial charge is 0.481 e. The fraction of sp³-hybridized carbons (Fsp3) is 0.967. The Labute approximate surface area is 216 Å². The Morgan fingerprint density at radius 3 is 2.11 bits per heavy atom. The van der Waals surface area contributed by atoms with Crippen LogP contribution in [0.15, 0.2) is 0 Å². The minimum atomic E-state index is -0.923. The summed E-state index contributed by atoms with van der Waals surface area (Å²) in [5.41, 5.74) is -2.64. The first kappa shape index (κ1) is 26.9. The van der Waals surface area contributed by atoms with Crippen molar-refractivity contribution in [3.8, 4) is 0 Å². The van der Waals surface area contributed by atoms with Crippen LogP contribution in [0.5, 0.6) is 0 Å². The van der Waals surface area contributed by atoms with Gasteiger partial charge in [0.25, 0.3) is 0 Å². The van der Waals surface area contributed by atoms with Gasteiger partial charge in [0, 0.05) is 5.41 Å². The van der Waals surface area contributed by atoms with Crippen LogP contribution in [0.25, 0.3) is 0 Å². The highest BCUT2D eigenvalue weighted by Gasteiger charge is 2.73. The lowest BCUT2D eigenvalue weighted by atomic mass is 9.31. The van der Waals surface area contributed by atoms with Crippen molar-refractivity contribution in [3.05, 3.63) is 0 Å². The maximum absolute atomic E-state index is 12.9. The van der Waals surface area contributed by atoms with Crippen LogP contribution in [0.1, 0.15) is 99.3 Å². The molecule has 0 bridgehead atoms. The Balaban J connectivity index is 1.58. The molecule has 5 aliphatic rings. The molecule has 6 heteroatoms. The maximum Gasteiger partial charge on any atom is 0.309 e. The molecule has 13 atom stereocenters. The summed E-state index contributed by atoms with van der Waals surface area (Å²) in [6.45, 7) is 12.9. The Kier molecular flexibility index (Phi) is 5.92. The van der Waals surface area contributed by atoms with Gasteiger partial charge in [0.05, 0.1) is 29.8 Å². The normalized spacial score (nSPS) is 60.8. The molecule has 0 aromatic carbocycles. The third-order valence-corrected chi connectivity index (χ3v) is 14.2. The molecule has 0 unspecified atom stereocenters. The summed E-state index contributed by atoms with van der Waals surface area (Å²) in [5, 5.41) is 54.3. The molecule has 5 saturated carbocycles. The van der Waals surface area contributed by atoms with Gasteiger partial charge in [-0.25, -0.2) is 0 Å². The molecular weight excluding hydrogens is 456 g/mol. The molecule has 0 heterocycles. The van der Waals surface area contributed by atoms with E-state index >= 15 is 0 Å². The molecule has 6 nitrogen and oxygen atoms in total. The highest BCUT2D eigenvalue weighted by atomic mass is 16.4. The second kappa shape index (κ2) is 7.92. The SMILES string of the molecule is C[C@@H]1[C@H]2[C@H]3CC[C@@H]4[C@@]5(C)C[C@@H](O)[C@H](O)[C@@](C)(CO)[C@@H]5CC[C@@]4(C)[C@]3(C)CC[C@@]2(C(=O)O)CC[C@]1(C)O. The van der Waals surface area contributed by atoms with Crippen LogP contribution in [0.4, 0.5) is 0 Å². The number of aliphatic carboxylic acids is 1. The molecule has 5 fully saturated rings. The number of rotatable bonds is 2. The van der Waals surface area contributed by atoms with Crippen molar-refractivity contribution < 1.29 is 30.3 Å². The van der Waals surface area contributed by atoms with Gasteiger partial charge in [-0.3, -0.25) is 4.79 Å². The van der Waals surface area contributed by atoms with E-state index in [2.05, 4.69) is 27.7 Å². The highest BCUT2D eigenvalue weighted by Crippen LogP contribution is 2.77. The molecule has 36 heavy (non-hydrogen) atoms. The van der Waals surface area contributed by atoms with Crippen LogP contribution >= 0.6 is 0 Å². The molecule has 5 aliphatic carbocycles. The van der Waals surface area contributed by atoms with Gasteiger partial charge in [-0.1, -0.05) is 34.6 Å². The number of hydrogen-bond donors (Lipinski definition) is 5. The van der Waals surface area contributed by atoms with E-state index in [1.807, 2.05) is 13.8 Å². The van der Waals surface area contributed by atoms with E-state index in [1.165, 1.54) is 0 Å². The van der Waals surface area contributed by atoms with Crippen LogP contribution < -0.4 is 0 Å². The summed E-state index contributed by atoms with van der Waals surface area (Å²) in [4.78, 5) is 12.9. The van der Waals surface area contributed by atoms with Crippen LogP contribution in [-0.4, -0.2) is 55.9 Å². The zero-order chi connectivity index (χ0) is 26.7. The van der Waals surface area contributed by atoms with Crippen LogP contribution in [0.3, 0.4) is 0 Å². The number of carboxylic acids is 1. The third kappa shape index (κ3) is 3.02. The quantitative estimate of drug-likeness (QED) is 0.383. The fourth-order valence-corrected chi connectivity index (χ4v) is 11.8. The number of carbonyl (C=O) groups is 1. The average molecular weight is 507 g/mol. The van der Waals surface area contributed by atoms with E-state index in [4.69, 9.17) is 0 Å². The van der Waals surface area contributed by atoms with Crippen LogP contribution in [0, 0.1) is 56.7 Å². The molecule has 0 radical (unpaired) electrons. The molecule has 0 saturated heterocycles. The maximum atomic E-state index is 12.9. The van der Waals surface area contributed by atoms with Gasteiger partial charge in [0.1, 0.15) is 0 Å². The highest BCUT2D eigenvalue weighted by molar-refractivity contribution is 5.76. The van der Waals surface area contributed by atoms with Gasteiger partial charge in [0.15, 0.2) is 0 Å². The molecule has 0 aromatic heterocycles. The number of hydrogen-bond acceptors (Lipinski definition) is 5. The zero-order valence-electron chi connectivity index (χ0n) is 23.3. The lowest BCUT2D eigenvalue weighted by Gasteiger charge is -2.74. The van der Waals surface area contributed by atoms with Crippen molar-refractivity contribution in [3.63, 3.8) is 0 Å². The van der Waals surface area contributed by atoms with Gasteiger partial charge in [-0.05, 0) is 111 Å². The Hall–Kier alpha value is -0.690. The topological polar surface area (TPSA) is 118 Å². The smallest absolute Gasteiger partial charge is 0.309 e. The first-order valence-corrected chi connectivity index (χ1v) is 14.5. The fourth-order valence-electron chi connectivity index (χ4n) is 11.8. The van der Waals surface area contributed by atoms with Crippen molar-refractivity contribution in [2.75, 3.05) is 6.61 Å². The lowest BCUT2D eigenvalue weighted by Crippen LogP contribution is -2.70. The van der Waals surface area contributed by atoms with Crippen molar-refractivity contribution in [1.29, 1.82) is 0 Å². The standard InChI is InChI=1S/C30H50O6/c1-17-22-18-7-8-21-25(2)15-19(32)23(33)26(3,16-31)20(25)9-10-28(21,5)27(18,4)11-13-30(22,24(34)35)14-12-29(17,6)36/h17-23,31-33,36H,7-16H2,1-6H3,(H,34,35)/t17-,18-,19-,20-,21-,22+,23+,25+,26+,27-,28-,29+,30-/m1/s1. The van der Waals surface area contributed by atoms with E-state index in [0.717, 1.165) is 32.1 Å². The van der Waals surface area contributed by atoms with E-state index in [1.54, 1.807) is 0 Å².